The van der Waals surface area contributed by atoms with Gasteiger partial charge in [0.2, 0.25) is 0 Å². The van der Waals surface area contributed by atoms with E-state index in [-0.39, 0.29) is 0 Å². The van der Waals surface area contributed by atoms with E-state index in [9.17, 15) is 0 Å². The standard InChI is InChI=1S/C52H34/c1-3-14-35(15-4-1)43-32-33-44(38-28-26-37(27-29-38)42-25-13-19-36-16-7-8-20-41(36)42)50-34-40(30-31-45(43)50)52-48-23-11-9-21-46(48)51(39-17-5-2-6-18-39)47-22-10-12-24-49(47)52/h1-34H. The van der Waals surface area contributed by atoms with E-state index in [1.807, 2.05) is 0 Å². The van der Waals surface area contributed by atoms with Gasteiger partial charge in [0.15, 0.2) is 0 Å². The summed E-state index contributed by atoms with van der Waals surface area (Å²) in [6.07, 6.45) is 0. The Bertz CT molecular complexity index is 2860. The number of hydrogen-bond acceptors (Lipinski definition) is 0. The minimum absolute atomic E-state index is 1.21. The van der Waals surface area contributed by atoms with Crippen LogP contribution in [0.1, 0.15) is 0 Å². The summed E-state index contributed by atoms with van der Waals surface area (Å²) in [7, 11) is 0. The van der Waals surface area contributed by atoms with E-state index in [1.165, 1.54) is 98.7 Å². The number of rotatable bonds is 5. The Hall–Kier alpha value is -6.76. The molecule has 0 aromatic heterocycles. The molecule has 0 aliphatic rings. The molecule has 10 aromatic rings. The summed E-state index contributed by atoms with van der Waals surface area (Å²) in [6.45, 7) is 0. The molecule has 0 saturated carbocycles. The van der Waals surface area contributed by atoms with Crippen molar-refractivity contribution in [2.24, 2.45) is 0 Å². The summed E-state index contributed by atoms with van der Waals surface area (Å²) < 4.78 is 0. The average Bonchev–Trinajstić information content (AvgIpc) is 3.22. The molecule has 0 spiro atoms. The highest BCUT2D eigenvalue weighted by Gasteiger charge is 2.18. The minimum atomic E-state index is 1.21. The lowest BCUT2D eigenvalue weighted by Crippen LogP contribution is -1.92. The first kappa shape index (κ1) is 30.1. The zero-order chi connectivity index (χ0) is 34.4. The molecular weight excluding hydrogens is 625 g/mol. The first-order valence-corrected chi connectivity index (χ1v) is 18.0. The van der Waals surface area contributed by atoms with Crippen LogP contribution >= 0.6 is 0 Å². The monoisotopic (exact) mass is 658 g/mol. The van der Waals surface area contributed by atoms with Crippen LogP contribution in [0.25, 0.3) is 98.7 Å². The molecule has 0 heteroatoms. The molecule has 0 atom stereocenters. The molecule has 10 rings (SSSR count). The van der Waals surface area contributed by atoms with Crippen LogP contribution in [0.15, 0.2) is 206 Å². The molecule has 10 aromatic carbocycles. The van der Waals surface area contributed by atoms with Gasteiger partial charge < -0.3 is 0 Å². The highest BCUT2D eigenvalue weighted by molar-refractivity contribution is 6.22. The van der Waals surface area contributed by atoms with E-state index >= 15 is 0 Å². The van der Waals surface area contributed by atoms with Crippen molar-refractivity contribution >= 4 is 43.1 Å². The van der Waals surface area contributed by atoms with Gasteiger partial charge in [-0.05, 0) is 105 Å². The second-order valence-electron chi connectivity index (χ2n) is 13.6. The zero-order valence-corrected chi connectivity index (χ0v) is 28.6. The second-order valence-corrected chi connectivity index (χ2v) is 13.6. The van der Waals surface area contributed by atoms with Crippen molar-refractivity contribution in [3.05, 3.63) is 206 Å². The predicted molar refractivity (Wildman–Crippen MR) is 224 cm³/mol. The van der Waals surface area contributed by atoms with Crippen molar-refractivity contribution in [1.82, 2.24) is 0 Å². The van der Waals surface area contributed by atoms with Crippen molar-refractivity contribution < 1.29 is 0 Å². The van der Waals surface area contributed by atoms with Crippen LogP contribution in [-0.2, 0) is 0 Å². The third-order valence-corrected chi connectivity index (χ3v) is 10.7. The molecule has 242 valence electrons. The largest absolute Gasteiger partial charge is 0.0622 e. The SMILES string of the molecule is c1ccc(-c2ccc(-c3ccc(-c4cccc5ccccc45)cc3)c3cc(-c4c5ccccc5c(-c5ccccc5)c5ccccc45)ccc23)cc1. The maximum atomic E-state index is 2.44. The molecule has 0 amide bonds. The summed E-state index contributed by atoms with van der Waals surface area (Å²) in [6, 6.07) is 75.5. The van der Waals surface area contributed by atoms with Gasteiger partial charge in [-0.1, -0.05) is 200 Å². The van der Waals surface area contributed by atoms with Gasteiger partial charge in [0, 0.05) is 0 Å². The van der Waals surface area contributed by atoms with Crippen molar-refractivity contribution in [2.75, 3.05) is 0 Å². The molecule has 0 radical (unpaired) electrons. The summed E-state index contributed by atoms with van der Waals surface area (Å²) >= 11 is 0. The quantitative estimate of drug-likeness (QED) is 0.161. The van der Waals surface area contributed by atoms with E-state index in [0.717, 1.165) is 0 Å². The van der Waals surface area contributed by atoms with E-state index in [0.29, 0.717) is 0 Å². The summed E-state index contributed by atoms with van der Waals surface area (Å²) in [5, 5.41) is 10.1. The van der Waals surface area contributed by atoms with E-state index < -0.39 is 0 Å². The summed E-state index contributed by atoms with van der Waals surface area (Å²) in [5.41, 5.74) is 12.4. The fourth-order valence-electron chi connectivity index (χ4n) is 8.29. The van der Waals surface area contributed by atoms with E-state index in [1.54, 1.807) is 0 Å². The maximum Gasteiger partial charge on any atom is -0.00261 e. The Morgan fingerprint density at radius 1 is 0.192 bits per heavy atom. The second kappa shape index (κ2) is 12.5. The highest BCUT2D eigenvalue weighted by Crippen LogP contribution is 2.45. The molecule has 0 aliphatic carbocycles. The number of fused-ring (bicyclic) bond motifs is 4. The Morgan fingerprint density at radius 2 is 0.596 bits per heavy atom. The van der Waals surface area contributed by atoms with Gasteiger partial charge in [-0.3, -0.25) is 0 Å². The lowest BCUT2D eigenvalue weighted by Gasteiger charge is -2.19. The van der Waals surface area contributed by atoms with Gasteiger partial charge in [0.1, 0.15) is 0 Å². The molecule has 0 fully saturated rings. The Kier molecular flexibility index (Phi) is 7.25. The smallest absolute Gasteiger partial charge is 0.00261 e. The molecule has 0 bridgehead atoms. The molecule has 0 heterocycles. The van der Waals surface area contributed by atoms with Crippen LogP contribution in [0.2, 0.25) is 0 Å². The third-order valence-electron chi connectivity index (χ3n) is 10.7. The number of hydrogen-bond donors (Lipinski definition) is 0. The van der Waals surface area contributed by atoms with Gasteiger partial charge in [-0.25, -0.2) is 0 Å². The summed E-state index contributed by atoms with van der Waals surface area (Å²) in [4.78, 5) is 0. The third kappa shape index (κ3) is 5.00. The minimum Gasteiger partial charge on any atom is -0.0622 e. The molecule has 0 saturated heterocycles. The molecule has 0 N–H and O–H groups in total. The molecular formula is C52H34. The van der Waals surface area contributed by atoms with E-state index in [4.69, 9.17) is 0 Å². The fraction of sp³-hybridized carbons (Fsp3) is 0. The fourth-order valence-corrected chi connectivity index (χ4v) is 8.29. The highest BCUT2D eigenvalue weighted by atomic mass is 14.2. The van der Waals surface area contributed by atoms with Crippen LogP contribution in [0, 0.1) is 0 Å². The first-order chi connectivity index (χ1) is 25.8. The maximum absolute atomic E-state index is 2.44. The molecule has 0 nitrogen and oxygen atoms in total. The van der Waals surface area contributed by atoms with Crippen LogP contribution in [0.3, 0.4) is 0 Å². The van der Waals surface area contributed by atoms with E-state index in [2.05, 4.69) is 206 Å². The van der Waals surface area contributed by atoms with Gasteiger partial charge in [0.25, 0.3) is 0 Å². The summed E-state index contributed by atoms with van der Waals surface area (Å²) in [5.74, 6) is 0. The van der Waals surface area contributed by atoms with Gasteiger partial charge in [-0.15, -0.1) is 0 Å². The van der Waals surface area contributed by atoms with Gasteiger partial charge >= 0.3 is 0 Å². The molecule has 52 heavy (non-hydrogen) atoms. The zero-order valence-electron chi connectivity index (χ0n) is 28.6. The van der Waals surface area contributed by atoms with Crippen molar-refractivity contribution in [3.8, 4) is 55.6 Å². The predicted octanol–water partition coefficient (Wildman–Crippen LogP) is 14.6. The van der Waals surface area contributed by atoms with Crippen molar-refractivity contribution in [1.29, 1.82) is 0 Å². The lowest BCUT2D eigenvalue weighted by molar-refractivity contribution is 1.61. The normalized spacial score (nSPS) is 11.5. The average molecular weight is 659 g/mol. The Labute approximate surface area is 303 Å². The van der Waals surface area contributed by atoms with Gasteiger partial charge in [0.05, 0.1) is 0 Å². The van der Waals surface area contributed by atoms with Crippen molar-refractivity contribution in [2.45, 2.75) is 0 Å². The van der Waals surface area contributed by atoms with Crippen LogP contribution in [0.5, 0.6) is 0 Å². The number of benzene rings is 10. The van der Waals surface area contributed by atoms with Crippen molar-refractivity contribution in [3.63, 3.8) is 0 Å². The first-order valence-electron chi connectivity index (χ1n) is 18.0. The molecule has 0 unspecified atom stereocenters. The Morgan fingerprint density at radius 3 is 1.19 bits per heavy atom. The lowest BCUT2D eigenvalue weighted by atomic mass is 9.84. The molecule has 0 aliphatic heterocycles. The van der Waals surface area contributed by atoms with Crippen LogP contribution in [-0.4, -0.2) is 0 Å². The Balaban J connectivity index is 1.21. The topological polar surface area (TPSA) is 0 Å². The van der Waals surface area contributed by atoms with Crippen LogP contribution in [0.4, 0.5) is 0 Å². The van der Waals surface area contributed by atoms with Crippen LogP contribution < -0.4 is 0 Å². The van der Waals surface area contributed by atoms with Gasteiger partial charge in [-0.2, -0.15) is 0 Å².